The van der Waals surface area contributed by atoms with Crippen LogP contribution in [0.5, 0.6) is 0 Å². The molecule has 1 aliphatic rings. The van der Waals surface area contributed by atoms with Gasteiger partial charge in [-0.1, -0.05) is 13.5 Å². The largest absolute Gasteiger partial charge is 0.604 e. The lowest BCUT2D eigenvalue weighted by molar-refractivity contribution is 0.313. The highest BCUT2D eigenvalue weighted by Crippen LogP contribution is 2.24. The quantitative estimate of drug-likeness (QED) is 0.436. The molecule has 164 valence electrons. The fourth-order valence-electron chi connectivity index (χ4n) is 3.65. The van der Waals surface area contributed by atoms with Crippen molar-refractivity contribution in [2.45, 2.75) is 23.4 Å². The van der Waals surface area contributed by atoms with Gasteiger partial charge >= 0.3 is 5.16 Å². The number of rotatable bonds is 5. The van der Waals surface area contributed by atoms with Gasteiger partial charge in [0.2, 0.25) is 0 Å². The number of likely N-dealkylation sites (N-methyl/N-ethyl adjacent to an activating group) is 1. The Balaban J connectivity index is 1.68. The lowest BCUT2D eigenvalue weighted by Crippen LogP contribution is -2.44. The summed E-state index contributed by atoms with van der Waals surface area (Å²) in [4.78, 5) is 26.6. The van der Waals surface area contributed by atoms with Crippen LogP contribution >= 0.6 is 0 Å². The third-order valence-electron chi connectivity index (χ3n) is 5.65. The van der Waals surface area contributed by atoms with Gasteiger partial charge in [-0.05, 0) is 43.8 Å². The van der Waals surface area contributed by atoms with Gasteiger partial charge in [-0.15, -0.1) is 0 Å². The molecule has 0 radical (unpaired) electrons. The summed E-state index contributed by atoms with van der Waals surface area (Å²) in [6, 6.07) is 10.9. The van der Waals surface area contributed by atoms with Crippen LogP contribution in [0.2, 0.25) is 0 Å². The minimum Gasteiger partial charge on any atom is -0.604 e. The van der Waals surface area contributed by atoms with Crippen molar-refractivity contribution in [3.05, 3.63) is 59.0 Å². The van der Waals surface area contributed by atoms with Gasteiger partial charge < -0.3 is 14.4 Å². The first-order chi connectivity index (χ1) is 15.4. The molecule has 0 spiro atoms. The molecule has 3 aromatic rings. The number of anilines is 1. The molecule has 1 aromatic carbocycles. The molecule has 32 heavy (non-hydrogen) atoms. The molecular formula is C23H24N6O2S. The Kier molecular flexibility index (Phi) is 6.28. The summed E-state index contributed by atoms with van der Waals surface area (Å²) >= 11 is -1.62. The highest BCUT2D eigenvalue weighted by Gasteiger charge is 2.22. The Bertz CT molecular complexity index is 1260. The second-order valence-electron chi connectivity index (χ2n) is 7.71. The molecule has 9 heteroatoms. The van der Waals surface area contributed by atoms with Gasteiger partial charge in [0, 0.05) is 49.1 Å². The van der Waals surface area contributed by atoms with Gasteiger partial charge in [0.25, 0.3) is 5.56 Å². The first-order valence-corrected chi connectivity index (χ1v) is 11.5. The summed E-state index contributed by atoms with van der Waals surface area (Å²) < 4.78 is 14.5. The molecule has 1 atom stereocenters. The van der Waals surface area contributed by atoms with Gasteiger partial charge in [-0.2, -0.15) is 15.2 Å². The lowest BCUT2D eigenvalue weighted by atomic mass is 10.2. The predicted octanol–water partition coefficient (Wildman–Crippen LogP) is 2.46. The first kappa shape index (κ1) is 22.0. The molecule has 0 amide bonds. The van der Waals surface area contributed by atoms with Crippen LogP contribution in [0.1, 0.15) is 18.9 Å². The number of benzene rings is 1. The number of pyridine rings is 1. The van der Waals surface area contributed by atoms with Gasteiger partial charge in [0.15, 0.2) is 10.5 Å². The van der Waals surface area contributed by atoms with Crippen molar-refractivity contribution in [1.82, 2.24) is 19.4 Å². The van der Waals surface area contributed by atoms with E-state index in [-0.39, 0.29) is 10.7 Å². The smallest absolute Gasteiger partial charge is 0.350 e. The van der Waals surface area contributed by atoms with E-state index in [4.69, 9.17) is 0 Å². The second-order valence-corrected chi connectivity index (χ2v) is 9.09. The number of allylic oxidation sites excluding steroid dienone is 1. The van der Waals surface area contributed by atoms with E-state index in [0.29, 0.717) is 28.0 Å². The number of fused-ring (bicyclic) bond motifs is 1. The third kappa shape index (κ3) is 4.12. The molecule has 4 rings (SSSR count). The van der Waals surface area contributed by atoms with Crippen LogP contribution in [-0.4, -0.2) is 57.2 Å². The zero-order valence-electron chi connectivity index (χ0n) is 18.1. The monoisotopic (exact) mass is 448 g/mol. The van der Waals surface area contributed by atoms with Crippen LogP contribution < -0.4 is 10.5 Å². The molecule has 2 aromatic heterocycles. The Labute approximate surface area is 189 Å². The van der Waals surface area contributed by atoms with Crippen molar-refractivity contribution in [3.8, 4) is 6.07 Å². The number of hydrogen-bond acceptors (Lipinski definition) is 7. The summed E-state index contributed by atoms with van der Waals surface area (Å²) in [5.74, 6) is 0. The van der Waals surface area contributed by atoms with Crippen molar-refractivity contribution >= 4 is 33.6 Å². The topological polar surface area (TPSA) is 101 Å². The maximum atomic E-state index is 13.2. The molecule has 1 saturated heterocycles. The Morgan fingerprint density at radius 1 is 1.25 bits per heavy atom. The highest BCUT2D eigenvalue weighted by molar-refractivity contribution is 7.91. The summed E-state index contributed by atoms with van der Waals surface area (Å²) in [5, 5.41) is 9.91. The average molecular weight is 449 g/mol. The molecule has 1 aliphatic heterocycles. The highest BCUT2D eigenvalue weighted by atomic mass is 32.2. The molecule has 1 unspecified atom stereocenters. The van der Waals surface area contributed by atoms with Crippen molar-refractivity contribution in [1.29, 1.82) is 5.26 Å². The number of aromatic nitrogens is 3. The van der Waals surface area contributed by atoms with E-state index in [2.05, 4.69) is 33.4 Å². The molecular weight excluding hydrogens is 424 g/mol. The van der Waals surface area contributed by atoms with Crippen molar-refractivity contribution in [3.63, 3.8) is 0 Å². The van der Waals surface area contributed by atoms with Gasteiger partial charge in [-0.3, -0.25) is 9.36 Å². The molecule has 0 saturated carbocycles. The van der Waals surface area contributed by atoms with E-state index in [1.54, 1.807) is 0 Å². The number of nitriles is 1. The van der Waals surface area contributed by atoms with Crippen LogP contribution in [0.25, 0.3) is 16.7 Å². The maximum Gasteiger partial charge on any atom is 0.350 e. The van der Waals surface area contributed by atoms with Crippen molar-refractivity contribution < 1.29 is 4.55 Å². The average Bonchev–Trinajstić information content (AvgIpc) is 2.83. The van der Waals surface area contributed by atoms with E-state index >= 15 is 0 Å². The number of nitrogens with zero attached hydrogens (tertiary/aromatic N) is 6. The normalized spacial score (nSPS) is 15.5. The van der Waals surface area contributed by atoms with Crippen LogP contribution in [-0.2, 0) is 11.2 Å². The zero-order valence-corrected chi connectivity index (χ0v) is 18.9. The molecule has 0 bridgehead atoms. The minimum atomic E-state index is -1.62. The molecule has 0 N–H and O–H groups in total. The van der Waals surface area contributed by atoms with E-state index in [9.17, 15) is 14.6 Å². The van der Waals surface area contributed by atoms with E-state index < -0.39 is 16.7 Å². The van der Waals surface area contributed by atoms with Crippen LogP contribution in [0.15, 0.2) is 58.0 Å². The third-order valence-corrected chi connectivity index (χ3v) is 6.88. The van der Waals surface area contributed by atoms with Crippen LogP contribution in [0, 0.1) is 11.3 Å². The lowest BCUT2D eigenvalue weighted by Gasteiger charge is -2.34. The molecule has 0 aliphatic carbocycles. The zero-order chi connectivity index (χ0) is 22.8. The van der Waals surface area contributed by atoms with Crippen LogP contribution in [0.3, 0.4) is 0 Å². The molecule has 3 heterocycles. The number of piperazine rings is 1. The maximum absolute atomic E-state index is 13.2. The fourth-order valence-corrected chi connectivity index (χ4v) is 4.56. The van der Waals surface area contributed by atoms with E-state index in [0.717, 1.165) is 31.9 Å². The van der Waals surface area contributed by atoms with E-state index in [1.165, 1.54) is 16.8 Å². The standard InChI is InChI=1S/C23H24N6O2S/c1-4-16(2)29-21-18(13-17(14-24)22(29)30)15-25-23(26-21)32(31)20-7-5-19(6-8-20)28-11-9-27(3)10-12-28/h5-8,13,15H,2,4,9-12H2,1,3H3. The van der Waals surface area contributed by atoms with Crippen molar-refractivity contribution in [2.24, 2.45) is 0 Å². The summed E-state index contributed by atoms with van der Waals surface area (Å²) in [7, 11) is 2.11. The fraction of sp³-hybridized carbons (Fsp3) is 0.304. The van der Waals surface area contributed by atoms with Crippen molar-refractivity contribution in [2.75, 3.05) is 38.1 Å². The Morgan fingerprint density at radius 2 is 1.94 bits per heavy atom. The SMILES string of the molecule is C=C(CC)n1c(=O)c(C#N)cc2cnc([S+]([O-])c3ccc(N4CCN(C)CC4)cc3)nc21. The summed E-state index contributed by atoms with van der Waals surface area (Å²) in [5.41, 5.74) is 1.40. The first-order valence-electron chi connectivity index (χ1n) is 10.4. The van der Waals surface area contributed by atoms with Gasteiger partial charge in [0.1, 0.15) is 11.6 Å². The van der Waals surface area contributed by atoms with E-state index in [1.807, 2.05) is 37.3 Å². The molecule has 1 fully saturated rings. The minimum absolute atomic E-state index is 0.0101. The van der Waals surface area contributed by atoms with Gasteiger partial charge in [0.05, 0.1) is 11.2 Å². The van der Waals surface area contributed by atoms with Gasteiger partial charge in [-0.25, -0.2) is 0 Å². The molecule has 8 nitrogen and oxygen atoms in total. The predicted molar refractivity (Wildman–Crippen MR) is 125 cm³/mol. The Hall–Kier alpha value is -3.19. The Morgan fingerprint density at radius 3 is 2.56 bits per heavy atom. The summed E-state index contributed by atoms with van der Waals surface area (Å²) in [6.45, 7) is 9.72. The number of hydrogen-bond donors (Lipinski definition) is 0. The summed E-state index contributed by atoms with van der Waals surface area (Å²) in [6.07, 6.45) is 1.99. The van der Waals surface area contributed by atoms with Crippen LogP contribution in [0.4, 0.5) is 5.69 Å². The second kappa shape index (κ2) is 9.12.